The van der Waals surface area contributed by atoms with E-state index in [2.05, 4.69) is 43.0 Å². The first kappa shape index (κ1) is 14.3. The summed E-state index contributed by atoms with van der Waals surface area (Å²) in [6, 6.07) is 8.14. The van der Waals surface area contributed by atoms with Crippen LogP contribution in [-0.4, -0.2) is 15.0 Å². The predicted octanol–water partition coefficient (Wildman–Crippen LogP) is 3.63. The molecule has 0 fully saturated rings. The van der Waals surface area contributed by atoms with Gasteiger partial charge in [-0.05, 0) is 18.2 Å². The van der Waals surface area contributed by atoms with E-state index in [0.717, 1.165) is 16.1 Å². The zero-order valence-electron chi connectivity index (χ0n) is 10.8. The molecule has 2 aromatic rings. The van der Waals surface area contributed by atoms with Crippen LogP contribution in [0.1, 0.15) is 31.4 Å². The summed E-state index contributed by atoms with van der Waals surface area (Å²) in [5.41, 5.74) is 5.71. The van der Waals surface area contributed by atoms with Crippen LogP contribution in [0.3, 0.4) is 0 Å². The lowest BCUT2D eigenvalue weighted by atomic mass is 10.2. The Balaban J connectivity index is 2.11. The van der Waals surface area contributed by atoms with Crippen molar-refractivity contribution >= 4 is 33.6 Å². The van der Waals surface area contributed by atoms with Gasteiger partial charge in [-0.25, -0.2) is 4.98 Å². The minimum absolute atomic E-state index is 0.250. The first-order valence-electron chi connectivity index (χ1n) is 5.93. The van der Waals surface area contributed by atoms with Crippen molar-refractivity contribution in [1.82, 2.24) is 15.0 Å². The van der Waals surface area contributed by atoms with Gasteiger partial charge in [0.2, 0.25) is 5.95 Å². The molecule has 0 spiro atoms. The van der Waals surface area contributed by atoms with Gasteiger partial charge >= 0.3 is 0 Å². The minimum atomic E-state index is 0.250. The molecule has 0 atom stereocenters. The molecule has 1 aromatic carbocycles. The van der Waals surface area contributed by atoms with Crippen molar-refractivity contribution in [3.05, 3.63) is 40.4 Å². The highest BCUT2D eigenvalue weighted by atomic mass is 79.9. The standard InChI is InChI=1S/C13H15BrN4S/c1-8(2)12-16-11(17-13(15)18-12)7-19-10-5-3-4-9(14)6-10/h3-6,8H,7H2,1-2H3,(H2,15,16,17,18). The molecule has 0 bridgehead atoms. The lowest BCUT2D eigenvalue weighted by Gasteiger charge is -2.07. The maximum Gasteiger partial charge on any atom is 0.223 e. The van der Waals surface area contributed by atoms with Crippen molar-refractivity contribution in [3.63, 3.8) is 0 Å². The Hall–Kier alpha value is -1.14. The molecule has 0 radical (unpaired) electrons. The quantitative estimate of drug-likeness (QED) is 0.862. The maximum atomic E-state index is 5.71. The molecule has 0 amide bonds. The number of anilines is 1. The molecule has 0 unspecified atom stereocenters. The zero-order valence-corrected chi connectivity index (χ0v) is 13.2. The van der Waals surface area contributed by atoms with Crippen LogP contribution in [0.2, 0.25) is 0 Å². The number of hydrogen-bond acceptors (Lipinski definition) is 5. The number of nitrogens with zero attached hydrogens (tertiary/aromatic N) is 3. The van der Waals surface area contributed by atoms with E-state index in [1.165, 1.54) is 4.90 Å². The van der Waals surface area contributed by atoms with Crippen LogP contribution in [0, 0.1) is 0 Å². The van der Waals surface area contributed by atoms with E-state index in [4.69, 9.17) is 5.73 Å². The Morgan fingerprint density at radius 1 is 1.26 bits per heavy atom. The molecule has 19 heavy (non-hydrogen) atoms. The Labute approximate surface area is 125 Å². The fraction of sp³-hybridized carbons (Fsp3) is 0.308. The van der Waals surface area contributed by atoms with E-state index >= 15 is 0 Å². The molecular weight excluding hydrogens is 324 g/mol. The number of thioether (sulfide) groups is 1. The number of aromatic nitrogens is 3. The van der Waals surface area contributed by atoms with Gasteiger partial charge in [0.15, 0.2) is 0 Å². The third kappa shape index (κ3) is 4.18. The molecule has 0 aliphatic heterocycles. The van der Waals surface area contributed by atoms with E-state index in [9.17, 15) is 0 Å². The van der Waals surface area contributed by atoms with Gasteiger partial charge in [0.25, 0.3) is 0 Å². The van der Waals surface area contributed by atoms with E-state index in [0.29, 0.717) is 11.7 Å². The average Bonchev–Trinajstić information content (AvgIpc) is 2.36. The van der Waals surface area contributed by atoms with Crippen molar-refractivity contribution in [2.75, 3.05) is 5.73 Å². The van der Waals surface area contributed by atoms with Crippen LogP contribution in [-0.2, 0) is 5.75 Å². The van der Waals surface area contributed by atoms with Gasteiger partial charge in [-0.1, -0.05) is 35.8 Å². The molecule has 0 aliphatic carbocycles. The molecule has 0 aliphatic rings. The van der Waals surface area contributed by atoms with Crippen LogP contribution >= 0.6 is 27.7 Å². The molecule has 6 heteroatoms. The Morgan fingerprint density at radius 3 is 2.74 bits per heavy atom. The predicted molar refractivity (Wildman–Crippen MR) is 82.0 cm³/mol. The van der Waals surface area contributed by atoms with Gasteiger partial charge in [-0.15, -0.1) is 11.8 Å². The fourth-order valence-electron chi connectivity index (χ4n) is 1.48. The molecule has 4 nitrogen and oxygen atoms in total. The fourth-order valence-corrected chi connectivity index (χ4v) is 2.84. The second-order valence-electron chi connectivity index (χ2n) is 4.37. The van der Waals surface area contributed by atoms with Gasteiger partial charge in [0.05, 0.1) is 5.75 Å². The third-order valence-electron chi connectivity index (χ3n) is 2.40. The van der Waals surface area contributed by atoms with Crippen LogP contribution in [0.25, 0.3) is 0 Å². The highest BCUT2D eigenvalue weighted by Crippen LogP contribution is 2.24. The highest BCUT2D eigenvalue weighted by molar-refractivity contribution is 9.10. The van der Waals surface area contributed by atoms with Crippen LogP contribution in [0.15, 0.2) is 33.6 Å². The molecular formula is C13H15BrN4S. The van der Waals surface area contributed by atoms with Crippen molar-refractivity contribution < 1.29 is 0 Å². The SMILES string of the molecule is CC(C)c1nc(N)nc(CSc2cccc(Br)c2)n1. The monoisotopic (exact) mass is 338 g/mol. The first-order valence-corrected chi connectivity index (χ1v) is 7.71. The molecule has 2 rings (SSSR count). The van der Waals surface area contributed by atoms with Crippen molar-refractivity contribution in [3.8, 4) is 0 Å². The average molecular weight is 339 g/mol. The summed E-state index contributed by atoms with van der Waals surface area (Å²) in [5, 5.41) is 0. The number of hydrogen-bond donors (Lipinski definition) is 1. The van der Waals surface area contributed by atoms with Gasteiger partial charge in [0, 0.05) is 15.3 Å². The van der Waals surface area contributed by atoms with Gasteiger partial charge in [0.1, 0.15) is 11.6 Å². The second-order valence-corrected chi connectivity index (χ2v) is 6.33. The molecule has 0 saturated heterocycles. The number of benzene rings is 1. The summed E-state index contributed by atoms with van der Waals surface area (Å²) in [5.74, 6) is 2.70. The summed E-state index contributed by atoms with van der Waals surface area (Å²) in [6.07, 6.45) is 0. The molecule has 100 valence electrons. The second kappa shape index (κ2) is 6.34. The lowest BCUT2D eigenvalue weighted by molar-refractivity contribution is 0.749. The summed E-state index contributed by atoms with van der Waals surface area (Å²) < 4.78 is 1.07. The van der Waals surface area contributed by atoms with Gasteiger partial charge in [-0.3, -0.25) is 0 Å². The zero-order chi connectivity index (χ0) is 13.8. The molecule has 1 heterocycles. The van der Waals surface area contributed by atoms with Gasteiger partial charge in [-0.2, -0.15) is 9.97 Å². The van der Waals surface area contributed by atoms with E-state index in [-0.39, 0.29) is 5.92 Å². The molecule has 2 N–H and O–H groups in total. The normalized spacial score (nSPS) is 10.9. The van der Waals surface area contributed by atoms with Gasteiger partial charge < -0.3 is 5.73 Å². The molecule has 1 aromatic heterocycles. The Morgan fingerprint density at radius 2 is 2.05 bits per heavy atom. The van der Waals surface area contributed by atoms with Crippen molar-refractivity contribution in [2.45, 2.75) is 30.4 Å². The van der Waals surface area contributed by atoms with Crippen molar-refractivity contribution in [1.29, 1.82) is 0 Å². The number of nitrogens with two attached hydrogens (primary N) is 1. The number of nitrogen functional groups attached to an aromatic ring is 1. The number of rotatable bonds is 4. The van der Waals surface area contributed by atoms with E-state index in [1.54, 1.807) is 11.8 Å². The first-order chi connectivity index (χ1) is 9.04. The van der Waals surface area contributed by atoms with Crippen LogP contribution < -0.4 is 5.73 Å². The molecule has 0 saturated carbocycles. The number of halogens is 1. The van der Waals surface area contributed by atoms with E-state index in [1.807, 2.05) is 26.0 Å². The minimum Gasteiger partial charge on any atom is -0.368 e. The third-order valence-corrected chi connectivity index (χ3v) is 3.88. The highest BCUT2D eigenvalue weighted by Gasteiger charge is 2.08. The van der Waals surface area contributed by atoms with Crippen LogP contribution in [0.4, 0.5) is 5.95 Å². The summed E-state index contributed by atoms with van der Waals surface area (Å²) in [4.78, 5) is 13.9. The largest absolute Gasteiger partial charge is 0.368 e. The summed E-state index contributed by atoms with van der Waals surface area (Å²) >= 11 is 5.13. The van der Waals surface area contributed by atoms with E-state index < -0.39 is 0 Å². The smallest absolute Gasteiger partial charge is 0.223 e. The summed E-state index contributed by atoms with van der Waals surface area (Å²) in [7, 11) is 0. The Kier molecular flexibility index (Phi) is 4.76. The van der Waals surface area contributed by atoms with Crippen molar-refractivity contribution in [2.24, 2.45) is 0 Å². The lowest BCUT2D eigenvalue weighted by Crippen LogP contribution is -2.07. The topological polar surface area (TPSA) is 64.7 Å². The van der Waals surface area contributed by atoms with Crippen LogP contribution in [0.5, 0.6) is 0 Å². The maximum absolute atomic E-state index is 5.71. The Bertz CT molecular complexity index is 574. The summed E-state index contributed by atoms with van der Waals surface area (Å²) in [6.45, 7) is 4.08.